The van der Waals surface area contributed by atoms with Gasteiger partial charge in [0.05, 0.1) is 12.2 Å². The lowest BCUT2D eigenvalue weighted by Crippen LogP contribution is -2.22. The second-order valence-corrected chi connectivity index (χ2v) is 5.16. The van der Waals surface area contributed by atoms with E-state index >= 15 is 0 Å². The lowest BCUT2D eigenvalue weighted by molar-refractivity contribution is 0.138. The minimum atomic E-state index is -0.171. The fraction of sp³-hybridized carbons (Fsp3) is 0.643. The highest BCUT2D eigenvalue weighted by atomic mass is 16.5. The molecule has 100 valence electrons. The van der Waals surface area contributed by atoms with Crippen LogP contribution in [0.25, 0.3) is 0 Å². The maximum atomic E-state index is 9.79. The molecule has 1 heterocycles. The molecular formula is C14H22N2O2. The van der Waals surface area contributed by atoms with Crippen LogP contribution in [-0.4, -0.2) is 28.8 Å². The molecule has 0 amide bonds. The smallest absolute Gasteiger partial charge is 0.168 e. The van der Waals surface area contributed by atoms with Crippen molar-refractivity contribution in [1.29, 1.82) is 0 Å². The molecule has 0 aliphatic heterocycles. The summed E-state index contributed by atoms with van der Waals surface area (Å²) in [5.41, 5.74) is 0. The van der Waals surface area contributed by atoms with Crippen molar-refractivity contribution in [2.45, 2.75) is 45.3 Å². The van der Waals surface area contributed by atoms with Crippen molar-refractivity contribution in [1.82, 2.24) is 4.98 Å². The number of rotatable bonds is 5. The summed E-state index contributed by atoms with van der Waals surface area (Å²) >= 11 is 0. The van der Waals surface area contributed by atoms with Crippen molar-refractivity contribution in [3.63, 3.8) is 0 Å². The summed E-state index contributed by atoms with van der Waals surface area (Å²) in [6.45, 7) is 4.75. The van der Waals surface area contributed by atoms with Crippen molar-refractivity contribution in [3.05, 3.63) is 18.3 Å². The highest BCUT2D eigenvalue weighted by molar-refractivity contribution is 5.49. The Kier molecular flexibility index (Phi) is 4.42. The molecule has 2 N–H and O–H groups in total. The molecule has 2 unspecified atom stereocenters. The molecule has 1 saturated carbocycles. The minimum absolute atomic E-state index is 0.131. The van der Waals surface area contributed by atoms with E-state index in [2.05, 4.69) is 10.3 Å². The molecule has 1 aromatic heterocycles. The molecule has 0 saturated heterocycles. The van der Waals surface area contributed by atoms with Gasteiger partial charge in [0.1, 0.15) is 0 Å². The summed E-state index contributed by atoms with van der Waals surface area (Å²) in [6.07, 6.45) is 4.83. The van der Waals surface area contributed by atoms with Crippen LogP contribution in [0.5, 0.6) is 5.75 Å². The van der Waals surface area contributed by atoms with Crippen LogP contribution in [-0.2, 0) is 0 Å². The monoisotopic (exact) mass is 250 g/mol. The summed E-state index contributed by atoms with van der Waals surface area (Å²) < 4.78 is 5.70. The number of ether oxygens (including phenoxy) is 1. The summed E-state index contributed by atoms with van der Waals surface area (Å²) in [6, 6.07) is 3.79. The minimum Gasteiger partial charge on any atom is -0.487 e. The fourth-order valence-corrected chi connectivity index (χ4v) is 2.36. The number of hydrogen-bond acceptors (Lipinski definition) is 4. The predicted octanol–water partition coefficient (Wildman–Crippen LogP) is 2.44. The van der Waals surface area contributed by atoms with Crippen LogP contribution in [0.15, 0.2) is 18.3 Å². The van der Waals surface area contributed by atoms with Gasteiger partial charge in [-0.2, -0.15) is 0 Å². The summed E-state index contributed by atoms with van der Waals surface area (Å²) in [5.74, 6) is 1.88. The Labute approximate surface area is 108 Å². The zero-order valence-corrected chi connectivity index (χ0v) is 11.1. The molecule has 1 fully saturated rings. The molecule has 2 atom stereocenters. The van der Waals surface area contributed by atoms with E-state index in [0.29, 0.717) is 5.92 Å². The highest BCUT2D eigenvalue weighted by Gasteiger charge is 2.25. The van der Waals surface area contributed by atoms with Gasteiger partial charge in [0.25, 0.3) is 0 Å². The van der Waals surface area contributed by atoms with Crippen molar-refractivity contribution < 1.29 is 9.84 Å². The zero-order chi connectivity index (χ0) is 13.0. The van der Waals surface area contributed by atoms with E-state index in [9.17, 15) is 5.11 Å². The van der Waals surface area contributed by atoms with Gasteiger partial charge in [0.2, 0.25) is 0 Å². The molecule has 1 aromatic rings. The Bertz CT molecular complexity index is 382. The third kappa shape index (κ3) is 3.35. The van der Waals surface area contributed by atoms with E-state index in [1.165, 1.54) is 0 Å². The van der Waals surface area contributed by atoms with Gasteiger partial charge in [-0.05, 0) is 38.8 Å². The summed E-state index contributed by atoms with van der Waals surface area (Å²) in [4.78, 5) is 4.30. The number of aliphatic hydroxyl groups is 1. The second kappa shape index (κ2) is 6.05. The van der Waals surface area contributed by atoms with Crippen molar-refractivity contribution >= 4 is 5.82 Å². The standard InChI is InChI=1S/C14H22N2O2/c1-10(2)18-13-7-4-8-15-14(13)16-9-11-5-3-6-12(11)17/h4,7-8,10-12,17H,3,5-6,9H2,1-2H3,(H,15,16). The van der Waals surface area contributed by atoms with E-state index in [4.69, 9.17) is 4.74 Å². The number of anilines is 1. The maximum absolute atomic E-state index is 9.79. The molecule has 18 heavy (non-hydrogen) atoms. The number of nitrogens with one attached hydrogen (secondary N) is 1. The first-order valence-electron chi connectivity index (χ1n) is 6.70. The first-order valence-corrected chi connectivity index (χ1v) is 6.70. The Balaban J connectivity index is 1.95. The fourth-order valence-electron chi connectivity index (χ4n) is 2.36. The molecular weight excluding hydrogens is 228 g/mol. The van der Waals surface area contributed by atoms with Gasteiger partial charge in [0.15, 0.2) is 11.6 Å². The first-order chi connectivity index (χ1) is 8.66. The van der Waals surface area contributed by atoms with Crippen LogP contribution in [0.4, 0.5) is 5.82 Å². The average Bonchev–Trinajstić information content (AvgIpc) is 2.73. The van der Waals surface area contributed by atoms with Gasteiger partial charge in [0, 0.05) is 18.7 Å². The lowest BCUT2D eigenvalue weighted by atomic mass is 10.1. The van der Waals surface area contributed by atoms with Crippen LogP contribution in [0.3, 0.4) is 0 Å². The van der Waals surface area contributed by atoms with Crippen LogP contribution in [0, 0.1) is 5.92 Å². The molecule has 4 heteroatoms. The lowest BCUT2D eigenvalue weighted by Gasteiger charge is -2.18. The van der Waals surface area contributed by atoms with Crippen molar-refractivity contribution in [2.24, 2.45) is 5.92 Å². The van der Waals surface area contributed by atoms with Gasteiger partial charge in [-0.3, -0.25) is 0 Å². The third-order valence-corrected chi connectivity index (χ3v) is 3.28. The average molecular weight is 250 g/mol. The SMILES string of the molecule is CC(C)Oc1cccnc1NCC1CCCC1O. The van der Waals surface area contributed by atoms with Crippen LogP contribution < -0.4 is 10.1 Å². The van der Waals surface area contributed by atoms with E-state index in [1.54, 1.807) is 6.20 Å². The van der Waals surface area contributed by atoms with Crippen LogP contribution in [0.1, 0.15) is 33.1 Å². The zero-order valence-electron chi connectivity index (χ0n) is 11.1. The number of hydrogen-bond donors (Lipinski definition) is 2. The van der Waals surface area contributed by atoms with Crippen LogP contribution in [0.2, 0.25) is 0 Å². The molecule has 0 spiro atoms. The molecule has 0 bridgehead atoms. The molecule has 0 radical (unpaired) electrons. The van der Waals surface area contributed by atoms with Crippen LogP contribution >= 0.6 is 0 Å². The quantitative estimate of drug-likeness (QED) is 0.842. The highest BCUT2D eigenvalue weighted by Crippen LogP contribution is 2.27. The second-order valence-electron chi connectivity index (χ2n) is 5.16. The first kappa shape index (κ1) is 13.1. The third-order valence-electron chi connectivity index (χ3n) is 3.28. The molecule has 1 aliphatic carbocycles. The van der Waals surface area contributed by atoms with Crippen molar-refractivity contribution in [3.8, 4) is 5.75 Å². The van der Waals surface area contributed by atoms with E-state index in [0.717, 1.165) is 37.4 Å². The Morgan fingerprint density at radius 3 is 3.00 bits per heavy atom. The number of aromatic nitrogens is 1. The van der Waals surface area contributed by atoms with Gasteiger partial charge >= 0.3 is 0 Å². The summed E-state index contributed by atoms with van der Waals surface area (Å²) in [7, 11) is 0. The van der Waals surface area contributed by atoms with Gasteiger partial charge < -0.3 is 15.2 Å². The number of aliphatic hydroxyl groups excluding tert-OH is 1. The van der Waals surface area contributed by atoms with Gasteiger partial charge in [-0.15, -0.1) is 0 Å². The normalized spacial score (nSPS) is 23.3. The molecule has 4 nitrogen and oxygen atoms in total. The molecule has 2 rings (SSSR count). The Morgan fingerprint density at radius 2 is 2.33 bits per heavy atom. The van der Waals surface area contributed by atoms with E-state index in [-0.39, 0.29) is 12.2 Å². The largest absolute Gasteiger partial charge is 0.487 e. The number of pyridine rings is 1. The number of nitrogens with zero attached hydrogens (tertiary/aromatic N) is 1. The Hall–Kier alpha value is -1.29. The molecule has 1 aliphatic rings. The van der Waals surface area contributed by atoms with Gasteiger partial charge in [-0.25, -0.2) is 4.98 Å². The topological polar surface area (TPSA) is 54.4 Å². The van der Waals surface area contributed by atoms with E-state index in [1.807, 2.05) is 26.0 Å². The maximum Gasteiger partial charge on any atom is 0.168 e. The van der Waals surface area contributed by atoms with Gasteiger partial charge in [-0.1, -0.05) is 6.42 Å². The van der Waals surface area contributed by atoms with E-state index < -0.39 is 0 Å². The molecule has 0 aromatic carbocycles. The van der Waals surface area contributed by atoms with Crippen molar-refractivity contribution in [2.75, 3.05) is 11.9 Å². The summed E-state index contributed by atoms with van der Waals surface area (Å²) in [5, 5.41) is 13.1. The Morgan fingerprint density at radius 1 is 1.50 bits per heavy atom. The predicted molar refractivity (Wildman–Crippen MR) is 71.8 cm³/mol.